The van der Waals surface area contributed by atoms with Crippen molar-refractivity contribution >= 4 is 12.3 Å². The summed E-state index contributed by atoms with van der Waals surface area (Å²) in [6.45, 7) is 2.05. The van der Waals surface area contributed by atoms with Gasteiger partial charge in [-0.05, 0) is 5.59 Å². The van der Waals surface area contributed by atoms with Crippen LogP contribution in [-0.2, 0) is 14.0 Å². The van der Waals surface area contributed by atoms with Gasteiger partial charge in [-0.1, -0.05) is 6.92 Å². The average molecular weight is 244 g/mol. The van der Waals surface area contributed by atoms with E-state index < -0.39 is 6.75 Å². The first-order valence-electron chi connectivity index (χ1n) is 5.58. The molecule has 0 spiro atoms. The molecule has 8 heteroatoms. The molecule has 3 saturated heterocycles. The van der Waals surface area contributed by atoms with E-state index in [1.54, 1.807) is 13.3 Å². The van der Waals surface area contributed by atoms with E-state index in [9.17, 15) is 0 Å². The van der Waals surface area contributed by atoms with Crippen LogP contribution in [0.15, 0.2) is 12.4 Å². The first kappa shape index (κ1) is 13.8. The van der Waals surface area contributed by atoms with Crippen LogP contribution < -0.4 is 29.2 Å². The summed E-state index contributed by atoms with van der Waals surface area (Å²) in [5, 5.41) is 0. The minimum Gasteiger partial charge on any atom is -0.539 e. The van der Waals surface area contributed by atoms with Crippen LogP contribution in [0, 0.1) is 5.41 Å². The first-order valence-corrected chi connectivity index (χ1v) is 5.58. The largest absolute Gasteiger partial charge is 1.00 e. The van der Waals surface area contributed by atoms with Gasteiger partial charge in [0.15, 0.2) is 0 Å². The predicted octanol–water partition coefficient (Wildman–Crippen LogP) is -3.28. The normalized spacial score (nSPS) is 33.9. The Bertz CT molecular complexity index is 406. The number of ether oxygens (including phenoxy) is 1. The van der Waals surface area contributed by atoms with Gasteiger partial charge >= 0.3 is 25.6 Å². The number of methoxy groups -OCH3 is 1. The van der Waals surface area contributed by atoms with Crippen molar-refractivity contribution in [3.05, 3.63) is 12.4 Å². The number of rotatable bonds is 2. The number of hydrogen-bond acceptors (Lipinski definition) is 6. The van der Waals surface area contributed by atoms with Crippen molar-refractivity contribution in [1.82, 2.24) is 9.97 Å². The maximum atomic E-state index is 5.70. The zero-order chi connectivity index (χ0) is 11.9. The standard InChI is InChI=1S/C10H14BN2O4.Li/c1-10-5-15-11(16-6-10,17-7-10)8-3-13-9(14-2)4-12-8;/h3-4H,5-7H2,1-2H3;/q-1;+1. The molecule has 6 nitrogen and oxygen atoms in total. The Morgan fingerprint density at radius 2 is 1.78 bits per heavy atom. The number of hydrogen-bond donors (Lipinski definition) is 0. The van der Waals surface area contributed by atoms with Crippen molar-refractivity contribution in [3.8, 4) is 5.88 Å². The average Bonchev–Trinajstić information content (AvgIpc) is 2.40. The van der Waals surface area contributed by atoms with Crippen LogP contribution >= 0.6 is 0 Å². The molecule has 0 radical (unpaired) electrons. The Kier molecular flexibility index (Phi) is 3.72. The minimum absolute atomic E-state index is 0. The monoisotopic (exact) mass is 244 g/mol. The van der Waals surface area contributed by atoms with Crippen molar-refractivity contribution in [1.29, 1.82) is 0 Å². The zero-order valence-electron chi connectivity index (χ0n) is 10.9. The third-order valence-corrected chi connectivity index (χ3v) is 3.17. The van der Waals surface area contributed by atoms with Crippen LogP contribution in [0.2, 0.25) is 0 Å². The molecule has 1 aromatic rings. The van der Waals surface area contributed by atoms with E-state index in [0.717, 1.165) is 0 Å². The third kappa shape index (κ3) is 2.17. The second-order valence-electron chi connectivity index (χ2n) is 4.87. The Morgan fingerprint density at radius 1 is 1.17 bits per heavy atom. The summed E-state index contributed by atoms with van der Waals surface area (Å²) in [5.41, 5.74) is 0.538. The van der Waals surface area contributed by atoms with Crippen molar-refractivity contribution < 1.29 is 37.6 Å². The summed E-state index contributed by atoms with van der Waals surface area (Å²) in [5.74, 6) is 0.456. The van der Waals surface area contributed by atoms with Gasteiger partial charge in [-0.3, -0.25) is 4.98 Å². The fourth-order valence-electron chi connectivity index (χ4n) is 2.07. The second kappa shape index (κ2) is 4.84. The van der Waals surface area contributed by atoms with E-state index in [1.807, 2.05) is 0 Å². The Labute approximate surface area is 118 Å². The van der Waals surface area contributed by atoms with Gasteiger partial charge in [0, 0.05) is 31.4 Å². The molecule has 0 saturated carbocycles. The van der Waals surface area contributed by atoms with Gasteiger partial charge in [0.05, 0.1) is 13.3 Å². The molecule has 3 aliphatic rings. The van der Waals surface area contributed by atoms with Gasteiger partial charge in [-0.25, -0.2) is 4.98 Å². The fraction of sp³-hybridized carbons (Fsp3) is 0.600. The fourth-order valence-corrected chi connectivity index (χ4v) is 2.07. The van der Waals surface area contributed by atoms with Crippen molar-refractivity contribution in [2.45, 2.75) is 6.92 Å². The maximum Gasteiger partial charge on any atom is 1.00 e. The van der Waals surface area contributed by atoms with Crippen LogP contribution in [-0.4, -0.2) is 43.7 Å². The molecule has 4 rings (SSSR count). The van der Waals surface area contributed by atoms with Gasteiger partial charge in [0.1, 0.15) is 0 Å². The van der Waals surface area contributed by atoms with Crippen LogP contribution in [0.5, 0.6) is 5.88 Å². The van der Waals surface area contributed by atoms with Crippen molar-refractivity contribution in [3.63, 3.8) is 0 Å². The molecular weight excluding hydrogens is 230 g/mol. The molecule has 2 bridgehead atoms. The summed E-state index contributed by atoms with van der Waals surface area (Å²) in [7, 11) is 1.54. The van der Waals surface area contributed by atoms with E-state index in [1.165, 1.54) is 6.20 Å². The molecular formula is C10H14BLiN2O4. The van der Waals surface area contributed by atoms with Crippen LogP contribution in [0.25, 0.3) is 0 Å². The van der Waals surface area contributed by atoms with E-state index in [2.05, 4.69) is 16.9 Å². The first-order chi connectivity index (χ1) is 8.16. The summed E-state index contributed by atoms with van der Waals surface area (Å²) < 4.78 is 22.1. The molecule has 0 atom stereocenters. The molecule has 0 unspecified atom stereocenters. The molecule has 3 aliphatic heterocycles. The molecule has 0 N–H and O–H groups in total. The molecule has 1 aromatic heterocycles. The minimum atomic E-state index is -1.90. The van der Waals surface area contributed by atoms with Gasteiger partial charge in [-0.15, -0.1) is 0 Å². The van der Waals surface area contributed by atoms with Gasteiger partial charge in [0.25, 0.3) is 0 Å². The van der Waals surface area contributed by atoms with E-state index in [4.69, 9.17) is 18.7 Å². The summed E-state index contributed by atoms with van der Waals surface area (Å²) in [4.78, 5) is 8.32. The van der Waals surface area contributed by atoms with E-state index in [0.29, 0.717) is 31.3 Å². The summed E-state index contributed by atoms with van der Waals surface area (Å²) in [6.07, 6.45) is 3.11. The molecule has 92 valence electrons. The smallest absolute Gasteiger partial charge is 0.539 e. The SMILES string of the molecule is COc1cnc([B-]23OCC(C)(CO2)CO3)cn1.[Li+]. The zero-order valence-corrected chi connectivity index (χ0v) is 10.9. The van der Waals surface area contributed by atoms with Crippen LogP contribution in [0.4, 0.5) is 0 Å². The Balaban J connectivity index is 0.00000120. The number of fused-ring (bicyclic) bond motifs is 3. The number of aromatic nitrogens is 2. The second-order valence-corrected chi connectivity index (χ2v) is 4.87. The number of nitrogens with zero attached hydrogens (tertiary/aromatic N) is 2. The quantitative estimate of drug-likeness (QED) is 0.508. The van der Waals surface area contributed by atoms with Crippen LogP contribution in [0.3, 0.4) is 0 Å². The molecule has 0 aliphatic carbocycles. The third-order valence-electron chi connectivity index (χ3n) is 3.17. The Morgan fingerprint density at radius 3 is 2.22 bits per heavy atom. The molecule has 3 fully saturated rings. The van der Waals surface area contributed by atoms with Gasteiger partial charge in [-0.2, -0.15) is 0 Å². The van der Waals surface area contributed by atoms with E-state index >= 15 is 0 Å². The molecule has 0 amide bonds. The van der Waals surface area contributed by atoms with Crippen molar-refractivity contribution in [2.75, 3.05) is 26.9 Å². The van der Waals surface area contributed by atoms with Crippen LogP contribution in [0.1, 0.15) is 6.92 Å². The summed E-state index contributed by atoms with van der Waals surface area (Å²) in [6, 6.07) is 0. The van der Waals surface area contributed by atoms with Gasteiger partial charge in [0.2, 0.25) is 5.88 Å². The van der Waals surface area contributed by atoms with Crippen molar-refractivity contribution in [2.24, 2.45) is 5.41 Å². The molecule has 18 heavy (non-hydrogen) atoms. The molecule has 4 heterocycles. The predicted molar refractivity (Wildman–Crippen MR) is 59.9 cm³/mol. The van der Waals surface area contributed by atoms with Gasteiger partial charge < -0.3 is 18.7 Å². The van der Waals surface area contributed by atoms with E-state index in [-0.39, 0.29) is 24.3 Å². The topological polar surface area (TPSA) is 62.7 Å². The summed E-state index contributed by atoms with van der Waals surface area (Å²) >= 11 is 0. The Hall–Kier alpha value is -0.578. The molecule has 0 aromatic carbocycles. The maximum absolute atomic E-state index is 5.70.